The van der Waals surface area contributed by atoms with E-state index in [2.05, 4.69) is 20.4 Å². The van der Waals surface area contributed by atoms with Gasteiger partial charge < -0.3 is 9.88 Å². The molecule has 2 aromatic carbocycles. The molecule has 9 nitrogen and oxygen atoms in total. The zero-order valence-electron chi connectivity index (χ0n) is 19.4. The molecule has 0 bridgehead atoms. The molecule has 1 atom stereocenters. The van der Waals surface area contributed by atoms with Crippen LogP contribution in [-0.4, -0.2) is 48.8 Å². The molecule has 4 rings (SSSR count). The van der Waals surface area contributed by atoms with E-state index in [0.717, 1.165) is 36.6 Å². The van der Waals surface area contributed by atoms with Crippen LogP contribution in [0, 0.1) is 15.9 Å². The number of piperidine rings is 1. The molecule has 2 heterocycles. The van der Waals surface area contributed by atoms with Crippen LogP contribution in [-0.2, 0) is 17.9 Å². The fourth-order valence-corrected chi connectivity index (χ4v) is 4.82. The van der Waals surface area contributed by atoms with Gasteiger partial charge in [-0.15, -0.1) is 10.2 Å². The summed E-state index contributed by atoms with van der Waals surface area (Å²) in [5.74, 6) is -0.478. The second-order valence-corrected chi connectivity index (χ2v) is 9.79. The van der Waals surface area contributed by atoms with Crippen LogP contribution in [0.5, 0.6) is 0 Å². The quantitative estimate of drug-likeness (QED) is 0.263. The number of rotatable bonds is 9. The molecule has 1 unspecified atom stereocenters. The highest BCUT2D eigenvalue weighted by molar-refractivity contribution is 8.00. The fraction of sp³-hybridized carbons (Fsp3) is 0.375. The summed E-state index contributed by atoms with van der Waals surface area (Å²) in [6.45, 7) is 5.06. The maximum absolute atomic E-state index is 13.6. The number of carbonyl (C=O) groups excluding carboxylic acids is 1. The van der Waals surface area contributed by atoms with Gasteiger partial charge in [-0.25, -0.2) is 0 Å². The van der Waals surface area contributed by atoms with Gasteiger partial charge in [0, 0.05) is 11.8 Å². The Bertz CT molecular complexity index is 1180. The number of amides is 1. The molecule has 1 aliphatic heterocycles. The van der Waals surface area contributed by atoms with Crippen LogP contribution in [0.4, 0.5) is 15.8 Å². The SMILES string of the molecule is CC(Sc1nnc(CN2CCCCC2)n1Cc1ccccc1)C(=O)Nc1ccc(F)c([N+](=O)[O-])c1. The van der Waals surface area contributed by atoms with Crippen LogP contribution in [0.25, 0.3) is 0 Å². The molecular weight excluding hydrogens is 471 g/mol. The second-order valence-electron chi connectivity index (χ2n) is 8.48. The summed E-state index contributed by atoms with van der Waals surface area (Å²) in [5, 5.41) is 22.5. The molecule has 1 fully saturated rings. The van der Waals surface area contributed by atoms with Gasteiger partial charge in [-0.2, -0.15) is 4.39 Å². The molecule has 0 radical (unpaired) electrons. The minimum atomic E-state index is -0.953. The number of aromatic nitrogens is 3. The van der Waals surface area contributed by atoms with Crippen molar-refractivity contribution in [3.63, 3.8) is 0 Å². The van der Waals surface area contributed by atoms with Crippen molar-refractivity contribution in [2.45, 2.75) is 49.7 Å². The Morgan fingerprint density at radius 2 is 1.89 bits per heavy atom. The normalized spacial score (nSPS) is 15.0. The molecule has 0 saturated carbocycles. The van der Waals surface area contributed by atoms with Crippen LogP contribution in [0.2, 0.25) is 0 Å². The molecule has 11 heteroatoms. The van der Waals surface area contributed by atoms with Gasteiger partial charge in [0.15, 0.2) is 5.16 Å². The van der Waals surface area contributed by atoms with Gasteiger partial charge >= 0.3 is 5.69 Å². The monoisotopic (exact) mass is 498 g/mol. The van der Waals surface area contributed by atoms with E-state index in [0.29, 0.717) is 18.2 Å². The third kappa shape index (κ3) is 6.43. The average Bonchev–Trinajstić information content (AvgIpc) is 3.21. The van der Waals surface area contributed by atoms with Crippen molar-refractivity contribution in [3.05, 3.63) is 75.9 Å². The van der Waals surface area contributed by atoms with E-state index in [1.165, 1.54) is 37.1 Å². The molecule has 1 aliphatic rings. The maximum Gasteiger partial charge on any atom is 0.306 e. The van der Waals surface area contributed by atoms with Crippen LogP contribution in [0.15, 0.2) is 53.7 Å². The van der Waals surface area contributed by atoms with Crippen molar-refractivity contribution in [2.75, 3.05) is 18.4 Å². The van der Waals surface area contributed by atoms with Gasteiger partial charge in [-0.1, -0.05) is 48.5 Å². The predicted molar refractivity (Wildman–Crippen MR) is 132 cm³/mol. The smallest absolute Gasteiger partial charge is 0.306 e. The number of nitrogens with one attached hydrogen (secondary N) is 1. The predicted octanol–water partition coefficient (Wildman–Crippen LogP) is 4.48. The van der Waals surface area contributed by atoms with Crippen molar-refractivity contribution in [1.82, 2.24) is 19.7 Å². The number of halogens is 1. The van der Waals surface area contributed by atoms with Crippen LogP contribution in [0.1, 0.15) is 37.6 Å². The minimum Gasteiger partial charge on any atom is -0.325 e. The highest BCUT2D eigenvalue weighted by Gasteiger charge is 2.23. The lowest BCUT2D eigenvalue weighted by atomic mass is 10.1. The summed E-state index contributed by atoms with van der Waals surface area (Å²) in [7, 11) is 0. The van der Waals surface area contributed by atoms with E-state index in [-0.39, 0.29) is 11.6 Å². The summed E-state index contributed by atoms with van der Waals surface area (Å²) in [6, 6.07) is 13.3. The lowest BCUT2D eigenvalue weighted by Gasteiger charge is -2.26. The van der Waals surface area contributed by atoms with E-state index in [4.69, 9.17) is 0 Å². The van der Waals surface area contributed by atoms with Crippen LogP contribution < -0.4 is 5.32 Å². The van der Waals surface area contributed by atoms with E-state index in [1.54, 1.807) is 6.92 Å². The van der Waals surface area contributed by atoms with Crippen molar-refractivity contribution < 1.29 is 14.1 Å². The molecule has 0 aliphatic carbocycles. The Balaban J connectivity index is 1.50. The standard InChI is InChI=1S/C24H27FN6O3S/c1-17(23(32)26-19-10-11-20(25)21(14-19)31(33)34)35-24-28-27-22(16-29-12-6-3-7-13-29)30(24)15-18-8-4-2-5-9-18/h2,4-5,8-11,14,17H,3,6-7,12-13,15-16H2,1H3,(H,26,32). The third-order valence-electron chi connectivity index (χ3n) is 5.85. The van der Waals surface area contributed by atoms with Crippen LogP contribution >= 0.6 is 11.8 Å². The molecule has 1 N–H and O–H groups in total. The number of nitro groups is 1. The first-order valence-corrected chi connectivity index (χ1v) is 12.4. The van der Waals surface area contributed by atoms with Gasteiger partial charge in [0.05, 0.1) is 23.3 Å². The lowest BCUT2D eigenvalue weighted by Crippen LogP contribution is -2.30. The number of carbonyl (C=O) groups is 1. The van der Waals surface area contributed by atoms with Gasteiger partial charge in [-0.05, 0) is 50.6 Å². The summed E-state index contributed by atoms with van der Waals surface area (Å²) in [6.07, 6.45) is 3.60. The number of benzene rings is 2. The topological polar surface area (TPSA) is 106 Å². The van der Waals surface area contributed by atoms with Gasteiger partial charge in [0.25, 0.3) is 0 Å². The summed E-state index contributed by atoms with van der Waals surface area (Å²) in [5.41, 5.74) is 0.574. The van der Waals surface area contributed by atoms with Gasteiger partial charge in [0.2, 0.25) is 11.7 Å². The molecular formula is C24H27FN6O3S. The van der Waals surface area contributed by atoms with Crippen LogP contribution in [0.3, 0.4) is 0 Å². The number of hydrogen-bond donors (Lipinski definition) is 1. The largest absolute Gasteiger partial charge is 0.325 e. The first-order chi connectivity index (χ1) is 16.9. The van der Waals surface area contributed by atoms with Crippen molar-refractivity contribution >= 4 is 29.0 Å². The first kappa shape index (κ1) is 24.8. The molecule has 35 heavy (non-hydrogen) atoms. The Hall–Kier alpha value is -3.31. The molecule has 1 aromatic heterocycles. The molecule has 1 amide bonds. The Morgan fingerprint density at radius 3 is 2.60 bits per heavy atom. The first-order valence-electron chi connectivity index (χ1n) is 11.5. The van der Waals surface area contributed by atoms with Gasteiger partial charge in [0.1, 0.15) is 5.82 Å². The lowest BCUT2D eigenvalue weighted by molar-refractivity contribution is -0.387. The Morgan fingerprint density at radius 1 is 1.14 bits per heavy atom. The number of hydrogen-bond acceptors (Lipinski definition) is 7. The number of likely N-dealkylation sites (tertiary alicyclic amines) is 1. The Labute approximate surface area is 206 Å². The maximum atomic E-state index is 13.6. The Kier molecular flexibility index (Phi) is 8.09. The minimum absolute atomic E-state index is 0.159. The second kappa shape index (κ2) is 11.4. The van der Waals surface area contributed by atoms with Crippen molar-refractivity contribution in [2.24, 2.45) is 0 Å². The van der Waals surface area contributed by atoms with Gasteiger partial charge in [-0.3, -0.25) is 19.8 Å². The summed E-state index contributed by atoms with van der Waals surface area (Å²) in [4.78, 5) is 25.4. The highest BCUT2D eigenvalue weighted by Crippen LogP contribution is 2.27. The molecule has 1 saturated heterocycles. The zero-order chi connectivity index (χ0) is 24.8. The summed E-state index contributed by atoms with van der Waals surface area (Å²) >= 11 is 1.26. The summed E-state index contributed by atoms with van der Waals surface area (Å²) < 4.78 is 15.7. The number of nitrogens with zero attached hydrogens (tertiary/aromatic N) is 5. The van der Waals surface area contributed by atoms with Crippen molar-refractivity contribution in [1.29, 1.82) is 0 Å². The number of anilines is 1. The number of nitro benzene ring substituents is 1. The highest BCUT2D eigenvalue weighted by atomic mass is 32.2. The average molecular weight is 499 g/mol. The van der Waals surface area contributed by atoms with E-state index < -0.39 is 21.7 Å². The van der Waals surface area contributed by atoms with E-state index in [9.17, 15) is 19.3 Å². The fourth-order valence-electron chi connectivity index (χ4n) is 3.95. The molecule has 184 valence electrons. The van der Waals surface area contributed by atoms with E-state index in [1.807, 2.05) is 34.9 Å². The molecule has 0 spiro atoms. The number of thioether (sulfide) groups is 1. The third-order valence-corrected chi connectivity index (χ3v) is 6.93. The van der Waals surface area contributed by atoms with E-state index >= 15 is 0 Å². The van der Waals surface area contributed by atoms with Crippen molar-refractivity contribution in [3.8, 4) is 0 Å². The zero-order valence-corrected chi connectivity index (χ0v) is 20.2. The molecule has 3 aromatic rings.